The topological polar surface area (TPSA) is 111 Å². The Kier molecular flexibility index (Phi) is 10.3. The maximum Gasteiger partial charge on any atom is 0.227 e. The number of nitrogens with one attached hydrogen (secondary N) is 2. The zero-order valence-corrected chi connectivity index (χ0v) is 20.9. The second kappa shape index (κ2) is 13.9. The van der Waals surface area contributed by atoms with Crippen LogP contribution >= 0.6 is 0 Å². The smallest absolute Gasteiger partial charge is 0.227 e. The molecule has 1 aromatic rings. The summed E-state index contributed by atoms with van der Waals surface area (Å²) >= 11 is 0. The van der Waals surface area contributed by atoms with Gasteiger partial charge in [-0.1, -0.05) is 6.07 Å². The molecule has 9 heteroatoms. The number of rotatable bonds is 14. The van der Waals surface area contributed by atoms with Gasteiger partial charge in [-0.2, -0.15) is 0 Å². The van der Waals surface area contributed by atoms with E-state index < -0.39 is 6.35 Å². The maximum absolute atomic E-state index is 10.4. The fraction of sp³-hybridized carbons (Fsp3) is 0.692. The number of aliphatic hydroxyl groups excluding tert-OH is 1. The van der Waals surface area contributed by atoms with Gasteiger partial charge in [-0.15, -0.1) is 0 Å². The number of anilines is 1. The normalized spacial score (nSPS) is 21.4. The Labute approximate surface area is 209 Å². The van der Waals surface area contributed by atoms with Gasteiger partial charge in [0, 0.05) is 31.6 Å². The Balaban J connectivity index is 1.08. The number of hydrogen-bond acceptors (Lipinski definition) is 9. The van der Waals surface area contributed by atoms with Gasteiger partial charge in [0.15, 0.2) is 0 Å². The summed E-state index contributed by atoms with van der Waals surface area (Å²) in [5.74, 6) is 2.23. The number of piperidine rings is 1. The predicted octanol–water partition coefficient (Wildman–Crippen LogP) is 2.11. The van der Waals surface area contributed by atoms with Gasteiger partial charge in [0.05, 0.1) is 6.61 Å². The molecule has 9 nitrogen and oxygen atoms in total. The first kappa shape index (κ1) is 26.0. The molecule has 1 unspecified atom stereocenters. The second-order valence-electron chi connectivity index (χ2n) is 10.0. The first-order chi connectivity index (χ1) is 17.2. The van der Waals surface area contributed by atoms with E-state index in [1.807, 2.05) is 35.5 Å². The van der Waals surface area contributed by atoms with Crippen LogP contribution in [0.5, 0.6) is 0 Å². The Hall–Kier alpha value is -2.04. The zero-order valence-electron chi connectivity index (χ0n) is 20.9. The summed E-state index contributed by atoms with van der Waals surface area (Å²) in [5.41, 5.74) is 7.02. The number of nitrogens with two attached hydrogens (primary N) is 1. The van der Waals surface area contributed by atoms with E-state index in [0.717, 1.165) is 89.5 Å². The largest absolute Gasteiger partial charge is 0.377 e. The molecule has 2 aliphatic heterocycles. The molecule has 3 aliphatic rings. The van der Waals surface area contributed by atoms with E-state index in [-0.39, 0.29) is 0 Å². The molecule has 0 amide bonds. The summed E-state index contributed by atoms with van der Waals surface area (Å²) in [7, 11) is 0. The Bertz CT molecular complexity index is 804. The monoisotopic (exact) mass is 485 g/mol. The number of amidine groups is 1. The standard InChI is InChI=1S/C26H43N7O2/c27-23-8-14-32(15-9-23)12-1-2-13-33-16-10-25(31-26(33)34)30-24-7-6-22(19-29-24)20-35-17-3-11-28-18-21-4-5-21/h6-7,10,16,19,21,23,26,28,34H,1-5,8-9,11-15,17-18,20,27H2,(H,29,30,31). The van der Waals surface area contributed by atoms with Gasteiger partial charge in [-0.25, -0.2) is 9.98 Å². The third-order valence-corrected chi connectivity index (χ3v) is 6.87. The van der Waals surface area contributed by atoms with Gasteiger partial charge in [-0.3, -0.25) is 0 Å². The highest BCUT2D eigenvalue weighted by Crippen LogP contribution is 2.27. The lowest BCUT2D eigenvalue weighted by molar-refractivity contribution is 0.0424. The van der Waals surface area contributed by atoms with Crippen LogP contribution < -0.4 is 16.4 Å². The van der Waals surface area contributed by atoms with Gasteiger partial charge in [-0.05, 0) is 101 Å². The lowest BCUT2D eigenvalue weighted by atomic mass is 10.1. The van der Waals surface area contributed by atoms with Crippen molar-refractivity contribution < 1.29 is 9.84 Å². The van der Waals surface area contributed by atoms with Crippen LogP contribution in [-0.4, -0.2) is 84.0 Å². The minimum absolute atomic E-state index is 0.376. The third-order valence-electron chi connectivity index (χ3n) is 6.87. The highest BCUT2D eigenvalue weighted by molar-refractivity contribution is 6.03. The number of aliphatic imine (C=N–C) groups is 1. The molecule has 0 spiro atoms. The van der Waals surface area contributed by atoms with Gasteiger partial charge in [0.25, 0.3) is 0 Å². The molecule has 35 heavy (non-hydrogen) atoms. The fourth-order valence-electron chi connectivity index (χ4n) is 4.39. The summed E-state index contributed by atoms with van der Waals surface area (Å²) in [4.78, 5) is 13.2. The summed E-state index contributed by atoms with van der Waals surface area (Å²) in [5, 5.41) is 17.1. The van der Waals surface area contributed by atoms with E-state index in [9.17, 15) is 5.11 Å². The summed E-state index contributed by atoms with van der Waals surface area (Å²) < 4.78 is 5.76. The fourth-order valence-corrected chi connectivity index (χ4v) is 4.39. The van der Waals surface area contributed by atoms with Crippen LogP contribution in [0.15, 0.2) is 35.6 Å². The van der Waals surface area contributed by atoms with Crippen LogP contribution in [0.2, 0.25) is 0 Å². The number of aromatic nitrogens is 1. The minimum atomic E-state index is -0.873. The molecule has 4 rings (SSSR count). The molecular formula is C26H43N7O2. The minimum Gasteiger partial charge on any atom is -0.377 e. The number of ether oxygens (including phenoxy) is 1. The molecule has 3 heterocycles. The highest BCUT2D eigenvalue weighted by Gasteiger charge is 2.20. The second-order valence-corrected chi connectivity index (χ2v) is 10.0. The van der Waals surface area contributed by atoms with Crippen LogP contribution in [0.4, 0.5) is 5.82 Å². The number of pyridine rings is 1. The molecular weight excluding hydrogens is 442 g/mol. The average Bonchev–Trinajstić information content (AvgIpc) is 3.69. The predicted molar refractivity (Wildman–Crippen MR) is 140 cm³/mol. The van der Waals surface area contributed by atoms with Crippen molar-refractivity contribution in [3.63, 3.8) is 0 Å². The molecule has 1 aliphatic carbocycles. The summed E-state index contributed by atoms with van der Waals surface area (Å²) in [6, 6.07) is 4.30. The molecule has 1 saturated carbocycles. The molecule has 0 bridgehead atoms. The first-order valence-electron chi connectivity index (χ1n) is 13.3. The van der Waals surface area contributed by atoms with Crippen LogP contribution in [-0.2, 0) is 11.3 Å². The van der Waals surface area contributed by atoms with E-state index in [4.69, 9.17) is 10.5 Å². The number of hydrogen-bond donors (Lipinski definition) is 4. The Morgan fingerprint density at radius 1 is 1.09 bits per heavy atom. The van der Waals surface area contributed by atoms with E-state index in [1.165, 1.54) is 12.8 Å². The lowest BCUT2D eigenvalue weighted by Gasteiger charge is -2.30. The van der Waals surface area contributed by atoms with Crippen LogP contribution in [0.1, 0.15) is 50.5 Å². The zero-order chi connectivity index (χ0) is 24.3. The summed E-state index contributed by atoms with van der Waals surface area (Å²) in [6.45, 7) is 7.58. The molecule has 2 fully saturated rings. The highest BCUT2D eigenvalue weighted by atomic mass is 16.5. The van der Waals surface area contributed by atoms with Crippen molar-refractivity contribution in [1.82, 2.24) is 20.1 Å². The number of nitrogens with zero attached hydrogens (tertiary/aromatic N) is 4. The van der Waals surface area contributed by atoms with Crippen LogP contribution in [0, 0.1) is 5.92 Å². The number of likely N-dealkylation sites (tertiary alicyclic amines) is 1. The maximum atomic E-state index is 10.4. The third kappa shape index (κ3) is 9.50. The molecule has 0 radical (unpaired) electrons. The molecule has 1 aromatic heterocycles. The van der Waals surface area contributed by atoms with E-state index in [0.29, 0.717) is 24.3 Å². The van der Waals surface area contributed by atoms with E-state index >= 15 is 0 Å². The molecule has 1 saturated heterocycles. The average molecular weight is 486 g/mol. The quantitative estimate of drug-likeness (QED) is 0.297. The van der Waals surface area contributed by atoms with E-state index in [2.05, 4.69) is 25.5 Å². The summed E-state index contributed by atoms with van der Waals surface area (Å²) in [6.07, 6.45) is 12.9. The van der Waals surface area contributed by atoms with Gasteiger partial charge in [0.2, 0.25) is 6.35 Å². The van der Waals surface area contributed by atoms with Crippen LogP contribution in [0.25, 0.3) is 0 Å². The molecule has 194 valence electrons. The molecule has 1 atom stereocenters. The number of aliphatic hydroxyl groups is 1. The Morgan fingerprint density at radius 2 is 1.91 bits per heavy atom. The van der Waals surface area contributed by atoms with Crippen molar-refractivity contribution in [2.75, 3.05) is 51.2 Å². The SMILES string of the molecule is NC1CCN(CCCCN2C=CC(Nc3ccc(COCCCNCC4CC4)cn3)=NC2O)CC1. The van der Waals surface area contributed by atoms with Gasteiger partial charge >= 0.3 is 0 Å². The van der Waals surface area contributed by atoms with Crippen molar-refractivity contribution in [3.05, 3.63) is 36.2 Å². The first-order valence-corrected chi connectivity index (χ1v) is 13.3. The van der Waals surface area contributed by atoms with Crippen molar-refractivity contribution >= 4 is 11.7 Å². The Morgan fingerprint density at radius 3 is 2.66 bits per heavy atom. The van der Waals surface area contributed by atoms with Crippen molar-refractivity contribution in [2.45, 2.75) is 63.9 Å². The van der Waals surface area contributed by atoms with Crippen molar-refractivity contribution in [2.24, 2.45) is 16.6 Å². The molecule has 0 aromatic carbocycles. The van der Waals surface area contributed by atoms with E-state index in [1.54, 1.807) is 0 Å². The van der Waals surface area contributed by atoms with Gasteiger partial charge in [0.1, 0.15) is 11.7 Å². The van der Waals surface area contributed by atoms with Crippen molar-refractivity contribution in [3.8, 4) is 0 Å². The van der Waals surface area contributed by atoms with Gasteiger partial charge < -0.3 is 36.0 Å². The number of unbranched alkanes of at least 4 members (excludes halogenated alkanes) is 1. The lowest BCUT2D eigenvalue weighted by Crippen LogP contribution is -2.40. The molecule has 5 N–H and O–H groups in total. The van der Waals surface area contributed by atoms with Crippen LogP contribution in [0.3, 0.4) is 0 Å². The van der Waals surface area contributed by atoms with Crippen molar-refractivity contribution in [1.29, 1.82) is 0 Å².